The Morgan fingerprint density at radius 3 is 1.13 bits per heavy atom. The van der Waals surface area contributed by atoms with Crippen LogP contribution in [-0.4, -0.2) is 302 Å². The first-order chi connectivity index (χ1) is 30.9. The van der Waals surface area contributed by atoms with E-state index in [1.807, 2.05) is 5.32 Å². The summed E-state index contributed by atoms with van der Waals surface area (Å²) in [5.74, 6) is -4.12. The van der Waals surface area contributed by atoms with Gasteiger partial charge in [0.1, 0.15) is 79.3 Å². The monoisotopic (exact) mass is 1070 g/mol. The van der Waals surface area contributed by atoms with E-state index in [1.165, 1.54) is 28.0 Å². The van der Waals surface area contributed by atoms with Crippen LogP contribution in [0, 0.1) is 0 Å². The molecule has 35 heteroatoms. The quantitative estimate of drug-likeness (QED) is 0.0610. The van der Waals surface area contributed by atoms with Crippen molar-refractivity contribution in [3.05, 3.63) is 0 Å². The van der Waals surface area contributed by atoms with Crippen LogP contribution in [0.25, 0.3) is 0 Å². The van der Waals surface area contributed by atoms with Gasteiger partial charge >= 0.3 is 35.5 Å². The number of aliphatic carboxylic acids is 1. The van der Waals surface area contributed by atoms with Gasteiger partial charge in [-0.3, -0.25) is 19.7 Å². The van der Waals surface area contributed by atoms with Crippen LogP contribution in [0.4, 0.5) is 0 Å². The Morgan fingerprint density at radius 2 is 0.859 bits per heavy atom. The number of rotatable bonds is 8. The van der Waals surface area contributed by atoms with Crippen LogP contribution >= 0.6 is 0 Å². The Labute approximate surface area is 430 Å². The number of carbonyl (C=O) groups is 3. The summed E-state index contributed by atoms with van der Waals surface area (Å²) in [7, 11) is 3.88. The molecule has 0 aromatic carbocycles. The molecule has 4 aliphatic heterocycles. The number of carbonyl (C=O) groups excluding carboxylic acids is 2. The third-order valence-electron chi connectivity index (χ3n) is 9.07. The summed E-state index contributed by atoms with van der Waals surface area (Å²) in [6.07, 6.45) is -20.3. The molecule has 0 aliphatic carbocycles. The number of hydrogen-bond acceptors (Lipinski definition) is 31. The van der Waals surface area contributed by atoms with E-state index in [2.05, 4.69) is 15.4 Å². The predicted octanol–water partition coefficient (Wildman–Crippen LogP) is -17.4. The smallest absolute Gasteiger partial charge is 0.870 e. The van der Waals surface area contributed by atoms with E-state index in [-0.39, 0.29) is 53.9 Å². The molecule has 0 aromatic heterocycles. The van der Waals surface area contributed by atoms with Crippen molar-refractivity contribution in [1.82, 2.24) is 16.0 Å². The minimum atomic E-state index is -2.58. The van der Waals surface area contributed by atoms with Crippen LogP contribution in [-0.2, 0) is 38.1 Å². The predicted molar refractivity (Wildman–Crippen MR) is 227 cm³/mol. The van der Waals surface area contributed by atoms with Crippen LogP contribution in [0.15, 0.2) is 0 Å². The Hall–Kier alpha value is -1.71. The van der Waals surface area contributed by atoms with Gasteiger partial charge in [0.2, 0.25) is 5.91 Å². The number of aliphatic hydroxyl groups is 18. The van der Waals surface area contributed by atoms with Crippen molar-refractivity contribution >= 4 is 17.8 Å². The van der Waals surface area contributed by atoms with Crippen molar-refractivity contribution in [1.29, 1.82) is 0 Å². The molecule has 0 saturated carbocycles. The second-order valence-corrected chi connectivity index (χ2v) is 14.4. The van der Waals surface area contributed by atoms with E-state index in [0.29, 0.717) is 0 Å². The van der Waals surface area contributed by atoms with Gasteiger partial charge in [-0.2, -0.15) is 0 Å². The zero-order valence-corrected chi connectivity index (χ0v) is 41.6. The minimum absolute atomic E-state index is 0. The fourth-order valence-electron chi connectivity index (χ4n) is 5.58. The van der Waals surface area contributed by atoms with Gasteiger partial charge in [-0.1, -0.05) is 7.43 Å². The number of aliphatic hydroxyl groups excluding tert-OH is 17. The van der Waals surface area contributed by atoms with Crippen molar-refractivity contribution in [2.24, 2.45) is 5.73 Å². The maximum Gasteiger partial charge on any atom is 1.00 e. The van der Waals surface area contributed by atoms with Crippen LogP contribution in [0.5, 0.6) is 0 Å². The molecule has 21 atom stereocenters. The molecule has 4 heterocycles. The van der Waals surface area contributed by atoms with Gasteiger partial charge in [0.25, 0.3) is 5.97 Å². The Kier molecular flexibility index (Phi) is 49.9. The topological polar surface area (TPSA) is 628 Å². The molecule has 71 heavy (non-hydrogen) atoms. The van der Waals surface area contributed by atoms with Crippen molar-refractivity contribution in [3.8, 4) is 0 Å². The van der Waals surface area contributed by atoms with Crippen LogP contribution in [0.2, 0.25) is 0 Å². The van der Waals surface area contributed by atoms with E-state index in [4.69, 9.17) is 70.3 Å². The number of carboxylic acids is 1. The van der Waals surface area contributed by atoms with Gasteiger partial charge in [0, 0.05) is 33.8 Å². The minimum Gasteiger partial charge on any atom is -0.870 e. The van der Waals surface area contributed by atoms with Crippen molar-refractivity contribution in [2.45, 2.75) is 164 Å². The molecule has 0 spiro atoms. The number of nitrogens with one attached hydrogen (secondary N) is 3. The second kappa shape index (κ2) is 42.5. The van der Waals surface area contributed by atoms with Crippen LogP contribution < -0.4 is 56.3 Å². The summed E-state index contributed by atoms with van der Waals surface area (Å²) < 4.78 is 23.2. The maximum atomic E-state index is 11.0. The average Bonchev–Trinajstić information content (AvgIpc) is 3.26. The molecule has 4 fully saturated rings. The summed E-state index contributed by atoms with van der Waals surface area (Å²) in [6, 6.07) is -4.22. The van der Waals surface area contributed by atoms with Gasteiger partial charge in [-0.25, -0.2) is 0 Å². The Balaban J connectivity index is -0.000000142. The second-order valence-electron chi connectivity index (χ2n) is 14.4. The SMILES string of the molecule is C.CC(=O)NC1C(O)OC(CO)[C@@H](O)[C@H]1O.CC(=O)O.CC([O-])(O)NC1C(O)OC(CO)[C@@H](O)[C@H]1O.CNC1C(O)OC(CO)[C@@H](O)[C@H]1O.CO.COC(C)=O.NC1C(O)OC(CO)[C@@H](O)[C@H]1O.O.[Na+].[OH-]. The van der Waals surface area contributed by atoms with Crippen LogP contribution in [0.1, 0.15) is 35.1 Å². The number of nitrogens with two attached hydrogens (primary N) is 1. The van der Waals surface area contributed by atoms with E-state index in [9.17, 15) is 70.9 Å². The normalized spacial score (nSPS) is 36.4. The van der Waals surface area contributed by atoms with Crippen molar-refractivity contribution in [3.63, 3.8) is 0 Å². The van der Waals surface area contributed by atoms with E-state index >= 15 is 0 Å². The summed E-state index contributed by atoms with van der Waals surface area (Å²) in [6.45, 7) is 2.51. The molecule has 4 rings (SSSR count). The number of hydrogen-bond donors (Lipinski definition) is 23. The largest absolute Gasteiger partial charge is 1.00 e. The number of esters is 1. The molecule has 0 bridgehead atoms. The maximum absolute atomic E-state index is 11.0. The number of methoxy groups -OCH3 is 1. The standard InChI is InChI=1S/C8H16NO7.C8H15NO6.C7H15NO5.C6H13NO5.C3H6O2.C2H4O2.CH4O.CH4.Na.2H2O/c1-8(14,15)9-4-6(12)5(11)3(2-10)16-7(4)13;1-3(11)9-5-7(13)6(12)4(2-10)15-8(5)14;1-8-4-6(11)5(10)3(2-9)13-7(4)12;7-3-5(10)4(9)2(1-8)12-6(3)11;1-3(4)5-2;1-2(3)4;1-2;;;;/h3-7,9-14H,2H2,1H3;4-8,10,12-14H,2H2,1H3,(H,9,11);3-12H,2H2,1H3;2-6,8-11H,1,7H2;1-2H3;1H3,(H,3,4);2H,1H3;1H4;;2*1H2/q-1;;;;;;;;+1;;/p-1/t3?,4?,5-,6+,7?,8?;4?,5?,6-,7+,8?;3?,4?,5-,6+,7?;2?,3?,4-,5+,6?;;;;;;;/m1111......./s1. The zero-order chi connectivity index (χ0) is 53.3. The Morgan fingerprint density at radius 1 is 0.606 bits per heavy atom. The number of carboxylic acid groups (broad SMARTS) is 1. The van der Waals surface area contributed by atoms with Gasteiger partial charge in [-0.15, -0.1) is 0 Å². The fraction of sp³-hybridized carbons (Fsp3) is 0.917. The molecule has 13 unspecified atom stereocenters. The third-order valence-corrected chi connectivity index (χ3v) is 9.07. The van der Waals surface area contributed by atoms with Gasteiger partial charge in [0.15, 0.2) is 25.2 Å². The Bertz CT molecular complexity index is 1330. The fourth-order valence-corrected chi connectivity index (χ4v) is 5.58. The number of amides is 1. The number of ether oxygens (including phenoxy) is 5. The first-order valence-corrected chi connectivity index (χ1v) is 19.7. The van der Waals surface area contributed by atoms with Crippen molar-refractivity contribution in [2.75, 3.05) is 47.7 Å². The molecule has 0 aromatic rings. The number of likely N-dealkylation sites (N-methyl/N-ethyl adjacent to an activating group) is 1. The molecule has 426 valence electrons. The molecular formula is C36H80N4NaO30-. The van der Waals surface area contributed by atoms with E-state index < -0.39 is 167 Å². The third kappa shape index (κ3) is 30.4. The van der Waals surface area contributed by atoms with E-state index in [0.717, 1.165) is 21.0 Å². The molecular weight excluding hydrogens is 991 g/mol. The van der Waals surface area contributed by atoms with E-state index in [1.54, 1.807) is 0 Å². The van der Waals surface area contributed by atoms with Gasteiger partial charge in [-0.05, 0) is 14.0 Å². The molecule has 34 nitrogen and oxygen atoms in total. The van der Waals surface area contributed by atoms with Gasteiger partial charge < -0.3 is 153 Å². The average molecular weight is 1070 g/mol. The first-order valence-electron chi connectivity index (χ1n) is 19.7. The van der Waals surface area contributed by atoms with Crippen molar-refractivity contribution < 1.29 is 181 Å². The summed E-state index contributed by atoms with van der Waals surface area (Å²) >= 11 is 0. The summed E-state index contributed by atoms with van der Waals surface area (Å²) in [5.41, 5.74) is 5.26. The van der Waals surface area contributed by atoms with Gasteiger partial charge in [0.05, 0.1) is 51.7 Å². The zero-order valence-electron chi connectivity index (χ0n) is 39.6. The molecule has 27 N–H and O–H groups in total. The summed E-state index contributed by atoms with van der Waals surface area (Å²) in [5, 5.41) is 188. The van der Waals surface area contributed by atoms with Crippen LogP contribution in [0.3, 0.4) is 0 Å². The first kappa shape index (κ1) is 83.3. The molecule has 0 radical (unpaired) electrons. The molecule has 4 aliphatic rings. The summed E-state index contributed by atoms with van der Waals surface area (Å²) in [4.78, 5) is 29.3. The molecule has 1 amide bonds. The molecule has 4 saturated heterocycles.